The summed E-state index contributed by atoms with van der Waals surface area (Å²) in [6.07, 6.45) is 3.03. The van der Waals surface area contributed by atoms with Crippen LogP contribution in [0.4, 0.5) is 11.5 Å². The minimum atomic E-state index is -0.837. The highest BCUT2D eigenvalue weighted by atomic mass is 16.6. The Balaban J connectivity index is 2.24. The number of aryl methyl sites for hydroxylation is 1. The first kappa shape index (κ1) is 13.3. The average molecular weight is 265 g/mol. The molecule has 0 amide bonds. The quantitative estimate of drug-likeness (QED) is 0.658. The molecule has 1 aromatic heterocycles. The van der Waals surface area contributed by atoms with Crippen molar-refractivity contribution < 1.29 is 14.8 Å². The molecule has 7 heteroatoms. The van der Waals surface area contributed by atoms with Crippen molar-refractivity contribution in [1.29, 1.82) is 0 Å². The van der Waals surface area contributed by atoms with Gasteiger partial charge in [-0.25, -0.2) is 4.98 Å². The largest absolute Gasteiger partial charge is 0.481 e. The molecule has 1 N–H and O–H groups in total. The van der Waals surface area contributed by atoms with E-state index in [9.17, 15) is 14.9 Å². The summed E-state index contributed by atoms with van der Waals surface area (Å²) in [6, 6.07) is 1.57. The second-order valence-electron chi connectivity index (χ2n) is 4.67. The zero-order valence-corrected chi connectivity index (χ0v) is 10.6. The fourth-order valence-electron chi connectivity index (χ4n) is 2.43. The van der Waals surface area contributed by atoms with E-state index < -0.39 is 10.9 Å². The molecule has 2 rings (SSSR count). The molecule has 0 aromatic carbocycles. The molecule has 1 saturated heterocycles. The predicted octanol–water partition coefficient (Wildman–Crippen LogP) is 1.74. The fourth-order valence-corrected chi connectivity index (χ4v) is 2.43. The summed E-state index contributed by atoms with van der Waals surface area (Å²) in [7, 11) is 0. The Morgan fingerprint density at radius 1 is 1.68 bits per heavy atom. The molecule has 1 aliphatic heterocycles. The molecule has 1 fully saturated rings. The van der Waals surface area contributed by atoms with Crippen molar-refractivity contribution in [3.8, 4) is 0 Å². The third kappa shape index (κ3) is 2.81. The van der Waals surface area contributed by atoms with Crippen molar-refractivity contribution in [3.63, 3.8) is 0 Å². The van der Waals surface area contributed by atoms with Crippen molar-refractivity contribution in [2.45, 2.75) is 32.2 Å². The number of aliphatic carboxylic acids is 1. The fraction of sp³-hybridized carbons (Fsp3) is 0.500. The Labute approximate surface area is 110 Å². The van der Waals surface area contributed by atoms with Gasteiger partial charge in [0.15, 0.2) is 0 Å². The Morgan fingerprint density at radius 2 is 2.42 bits per heavy atom. The van der Waals surface area contributed by atoms with Gasteiger partial charge in [-0.15, -0.1) is 0 Å². The number of pyridine rings is 1. The highest BCUT2D eigenvalue weighted by Crippen LogP contribution is 2.28. The summed E-state index contributed by atoms with van der Waals surface area (Å²) in [5.74, 6) is -0.220. The van der Waals surface area contributed by atoms with Gasteiger partial charge in [-0.2, -0.15) is 0 Å². The van der Waals surface area contributed by atoms with Gasteiger partial charge >= 0.3 is 5.97 Å². The lowest BCUT2D eigenvalue weighted by atomic mass is 10.1. The topological polar surface area (TPSA) is 96.6 Å². The Bertz CT molecular complexity index is 518. The minimum Gasteiger partial charge on any atom is -0.481 e. The average Bonchev–Trinajstić information content (AvgIpc) is 2.75. The van der Waals surface area contributed by atoms with Gasteiger partial charge in [0.05, 0.1) is 11.3 Å². The normalized spacial score (nSPS) is 18.6. The summed E-state index contributed by atoms with van der Waals surface area (Å²) < 4.78 is 0. The summed E-state index contributed by atoms with van der Waals surface area (Å²) in [6.45, 7) is 2.40. The number of nitro groups is 1. The van der Waals surface area contributed by atoms with Crippen LogP contribution in [0.5, 0.6) is 0 Å². The van der Waals surface area contributed by atoms with Gasteiger partial charge < -0.3 is 10.0 Å². The first-order valence-electron chi connectivity index (χ1n) is 6.08. The molecule has 1 atom stereocenters. The SMILES string of the molecule is Cc1cc(N2CCCC2CC(=O)O)ncc1[N+](=O)[O-]. The van der Waals surface area contributed by atoms with Crippen LogP contribution in [0.3, 0.4) is 0 Å². The Kier molecular flexibility index (Phi) is 3.64. The monoisotopic (exact) mass is 265 g/mol. The molecule has 0 saturated carbocycles. The first-order chi connectivity index (χ1) is 8.99. The maximum atomic E-state index is 10.8. The van der Waals surface area contributed by atoms with E-state index in [0.717, 1.165) is 19.4 Å². The molecule has 102 valence electrons. The second-order valence-corrected chi connectivity index (χ2v) is 4.67. The molecule has 19 heavy (non-hydrogen) atoms. The second kappa shape index (κ2) is 5.21. The van der Waals surface area contributed by atoms with Gasteiger partial charge in [0, 0.05) is 18.2 Å². The molecule has 1 aromatic rings. The number of hydrogen-bond acceptors (Lipinski definition) is 5. The molecular formula is C12H15N3O4. The molecule has 7 nitrogen and oxygen atoms in total. The van der Waals surface area contributed by atoms with E-state index in [4.69, 9.17) is 5.11 Å². The van der Waals surface area contributed by atoms with Crippen LogP contribution < -0.4 is 4.90 Å². The molecule has 0 radical (unpaired) electrons. The van der Waals surface area contributed by atoms with Crippen molar-refractivity contribution in [2.75, 3.05) is 11.4 Å². The number of aromatic nitrogens is 1. The number of anilines is 1. The van der Waals surface area contributed by atoms with Crippen LogP contribution in [0.2, 0.25) is 0 Å². The van der Waals surface area contributed by atoms with E-state index in [2.05, 4.69) is 4.98 Å². The number of nitrogens with zero attached hydrogens (tertiary/aromatic N) is 3. The smallest absolute Gasteiger partial charge is 0.305 e. The number of carboxylic acid groups (broad SMARTS) is 1. The standard InChI is InChI=1S/C12H15N3O4/c1-8-5-11(13-7-10(8)15(18)19)14-4-2-3-9(14)6-12(16)17/h5,7,9H,2-4,6H2,1H3,(H,16,17). The van der Waals surface area contributed by atoms with Gasteiger partial charge in [-0.1, -0.05) is 0 Å². The van der Waals surface area contributed by atoms with Crippen molar-refractivity contribution in [2.24, 2.45) is 0 Å². The molecule has 0 aliphatic carbocycles. The van der Waals surface area contributed by atoms with Crippen molar-refractivity contribution >= 4 is 17.5 Å². The maximum absolute atomic E-state index is 10.8. The van der Waals surface area contributed by atoms with Crippen LogP contribution in [-0.4, -0.2) is 33.6 Å². The third-order valence-corrected chi connectivity index (χ3v) is 3.35. The van der Waals surface area contributed by atoms with Crippen LogP contribution in [0.15, 0.2) is 12.3 Å². The van der Waals surface area contributed by atoms with Crippen LogP contribution >= 0.6 is 0 Å². The van der Waals surface area contributed by atoms with Crippen LogP contribution in [-0.2, 0) is 4.79 Å². The Morgan fingerprint density at radius 3 is 3.00 bits per heavy atom. The summed E-state index contributed by atoms with van der Waals surface area (Å²) in [5.41, 5.74) is 0.522. The van der Waals surface area contributed by atoms with Crippen molar-refractivity contribution in [1.82, 2.24) is 4.98 Å². The van der Waals surface area contributed by atoms with Crippen LogP contribution in [0.25, 0.3) is 0 Å². The van der Waals surface area contributed by atoms with Gasteiger partial charge in [0.25, 0.3) is 5.69 Å². The molecule has 1 unspecified atom stereocenters. The summed E-state index contributed by atoms with van der Waals surface area (Å²) in [5, 5.41) is 19.6. The molecule has 0 bridgehead atoms. The van der Waals surface area contributed by atoms with E-state index in [1.807, 2.05) is 4.90 Å². The lowest BCUT2D eigenvalue weighted by Crippen LogP contribution is -2.31. The van der Waals surface area contributed by atoms with E-state index in [1.165, 1.54) is 6.20 Å². The minimum absolute atomic E-state index is 0.0160. The zero-order chi connectivity index (χ0) is 14.0. The molecule has 2 heterocycles. The lowest BCUT2D eigenvalue weighted by molar-refractivity contribution is -0.385. The van der Waals surface area contributed by atoms with E-state index >= 15 is 0 Å². The highest BCUT2D eigenvalue weighted by molar-refractivity contribution is 5.68. The Hall–Kier alpha value is -2.18. The summed E-state index contributed by atoms with van der Waals surface area (Å²) in [4.78, 5) is 27.1. The van der Waals surface area contributed by atoms with E-state index in [-0.39, 0.29) is 18.2 Å². The van der Waals surface area contributed by atoms with Gasteiger partial charge in [0.2, 0.25) is 0 Å². The third-order valence-electron chi connectivity index (χ3n) is 3.35. The van der Waals surface area contributed by atoms with Crippen LogP contribution in [0.1, 0.15) is 24.8 Å². The number of rotatable bonds is 4. The number of carbonyl (C=O) groups is 1. The maximum Gasteiger partial charge on any atom is 0.305 e. The zero-order valence-electron chi connectivity index (χ0n) is 10.6. The van der Waals surface area contributed by atoms with E-state index in [1.54, 1.807) is 13.0 Å². The predicted molar refractivity (Wildman–Crippen MR) is 68.2 cm³/mol. The lowest BCUT2D eigenvalue weighted by Gasteiger charge is -2.24. The van der Waals surface area contributed by atoms with E-state index in [0.29, 0.717) is 11.4 Å². The molecule has 1 aliphatic rings. The molecular weight excluding hydrogens is 250 g/mol. The molecule has 0 spiro atoms. The van der Waals surface area contributed by atoms with Gasteiger partial charge in [0.1, 0.15) is 12.0 Å². The van der Waals surface area contributed by atoms with Crippen molar-refractivity contribution in [3.05, 3.63) is 27.9 Å². The number of hydrogen-bond donors (Lipinski definition) is 1. The van der Waals surface area contributed by atoms with Gasteiger partial charge in [-0.3, -0.25) is 14.9 Å². The summed E-state index contributed by atoms with van der Waals surface area (Å²) >= 11 is 0. The first-order valence-corrected chi connectivity index (χ1v) is 6.08. The highest BCUT2D eigenvalue weighted by Gasteiger charge is 2.28. The number of carboxylic acids is 1. The van der Waals surface area contributed by atoms with Crippen LogP contribution in [0, 0.1) is 17.0 Å². The van der Waals surface area contributed by atoms with Gasteiger partial charge in [-0.05, 0) is 25.8 Å².